The monoisotopic (exact) mass is 393 g/mol. The van der Waals surface area contributed by atoms with Crippen LogP contribution in [0.15, 0.2) is 53.6 Å². The first-order valence-corrected chi connectivity index (χ1v) is 8.27. The lowest BCUT2D eigenvalue weighted by molar-refractivity contribution is -0.167. The maximum atomic E-state index is 12.2. The minimum absolute atomic E-state index is 0.00250. The predicted octanol–water partition coefficient (Wildman–Crippen LogP) is 3.74. The van der Waals surface area contributed by atoms with Gasteiger partial charge in [0, 0.05) is 11.3 Å². The van der Waals surface area contributed by atoms with Crippen molar-refractivity contribution in [3.05, 3.63) is 59.7 Å². The fraction of sp³-hybridized carbons (Fsp3) is 0.211. The molecule has 0 bridgehead atoms. The Balaban J connectivity index is 1.99. The Bertz CT molecular complexity index is 861. The highest BCUT2D eigenvalue weighted by Crippen LogP contribution is 2.18. The molecule has 28 heavy (non-hydrogen) atoms. The molecule has 2 rings (SSSR count). The molecule has 0 unspecified atom stereocenters. The topological polar surface area (TPSA) is 79.8 Å². The molecular weight excluding hydrogens is 375 g/mol. The SMILES string of the molecule is CCOc1ccc(C(=O)NN=C(C)c2ccc(NC(=O)C(F)(F)F)cc2)cc1. The van der Waals surface area contributed by atoms with Crippen LogP contribution in [0.5, 0.6) is 5.75 Å². The Kier molecular flexibility index (Phi) is 6.75. The lowest BCUT2D eigenvalue weighted by Gasteiger charge is -2.09. The molecule has 2 aromatic carbocycles. The van der Waals surface area contributed by atoms with Gasteiger partial charge in [0.25, 0.3) is 5.91 Å². The largest absolute Gasteiger partial charge is 0.494 e. The zero-order valence-corrected chi connectivity index (χ0v) is 15.1. The summed E-state index contributed by atoms with van der Waals surface area (Å²) in [6, 6.07) is 12.1. The van der Waals surface area contributed by atoms with Crippen LogP contribution in [0.4, 0.5) is 18.9 Å². The average molecular weight is 393 g/mol. The lowest BCUT2D eigenvalue weighted by Crippen LogP contribution is -2.29. The van der Waals surface area contributed by atoms with Crippen molar-refractivity contribution in [3.63, 3.8) is 0 Å². The minimum atomic E-state index is -4.96. The quantitative estimate of drug-likeness (QED) is 0.580. The van der Waals surface area contributed by atoms with Crippen LogP contribution >= 0.6 is 0 Å². The van der Waals surface area contributed by atoms with Crippen LogP contribution in [0.3, 0.4) is 0 Å². The van der Waals surface area contributed by atoms with E-state index >= 15 is 0 Å². The number of halogens is 3. The molecule has 0 heterocycles. The van der Waals surface area contributed by atoms with Gasteiger partial charge in [0.2, 0.25) is 0 Å². The molecule has 2 amide bonds. The number of nitrogens with one attached hydrogen (secondary N) is 2. The molecule has 2 aromatic rings. The number of alkyl halides is 3. The van der Waals surface area contributed by atoms with Crippen molar-refractivity contribution in [2.24, 2.45) is 5.10 Å². The van der Waals surface area contributed by atoms with Crippen molar-refractivity contribution in [3.8, 4) is 5.75 Å². The third kappa shape index (κ3) is 5.83. The highest BCUT2D eigenvalue weighted by Gasteiger charge is 2.38. The molecule has 0 radical (unpaired) electrons. The number of carbonyl (C=O) groups is 2. The third-order valence-corrected chi connectivity index (χ3v) is 3.57. The molecule has 0 saturated heterocycles. The highest BCUT2D eigenvalue weighted by molar-refractivity contribution is 6.01. The fourth-order valence-electron chi connectivity index (χ4n) is 2.13. The van der Waals surface area contributed by atoms with Crippen molar-refractivity contribution in [2.75, 3.05) is 11.9 Å². The third-order valence-electron chi connectivity index (χ3n) is 3.57. The second-order valence-corrected chi connectivity index (χ2v) is 5.62. The van der Waals surface area contributed by atoms with Crippen molar-refractivity contribution in [1.82, 2.24) is 5.43 Å². The standard InChI is InChI=1S/C19H18F3N3O3/c1-3-28-16-10-6-14(7-11-16)17(26)25-24-12(2)13-4-8-15(9-5-13)23-18(27)19(20,21)22/h4-11H,3H2,1-2H3,(H,23,27)(H,25,26). The van der Waals surface area contributed by atoms with E-state index in [2.05, 4.69) is 10.5 Å². The molecule has 148 valence electrons. The van der Waals surface area contributed by atoms with Gasteiger partial charge >= 0.3 is 12.1 Å². The molecule has 2 N–H and O–H groups in total. The molecule has 6 nitrogen and oxygen atoms in total. The Hall–Kier alpha value is -3.36. The number of anilines is 1. The van der Waals surface area contributed by atoms with E-state index in [0.29, 0.717) is 29.2 Å². The number of carbonyl (C=O) groups excluding carboxylic acids is 2. The van der Waals surface area contributed by atoms with Crippen LogP contribution in [0, 0.1) is 0 Å². The Labute approximate surface area is 159 Å². The van der Waals surface area contributed by atoms with Gasteiger partial charge in [0.05, 0.1) is 12.3 Å². The van der Waals surface area contributed by atoms with Crippen LogP contribution in [-0.2, 0) is 4.79 Å². The molecule has 0 aliphatic carbocycles. The summed E-state index contributed by atoms with van der Waals surface area (Å²) < 4.78 is 42.0. The molecule has 0 atom stereocenters. The average Bonchev–Trinajstić information content (AvgIpc) is 2.66. The van der Waals surface area contributed by atoms with E-state index in [-0.39, 0.29) is 5.69 Å². The smallest absolute Gasteiger partial charge is 0.471 e. The highest BCUT2D eigenvalue weighted by atomic mass is 19.4. The Morgan fingerprint density at radius 1 is 1.00 bits per heavy atom. The van der Waals surface area contributed by atoms with Gasteiger partial charge < -0.3 is 10.1 Å². The summed E-state index contributed by atoms with van der Waals surface area (Å²) in [5.74, 6) is -1.82. The number of rotatable bonds is 6. The summed E-state index contributed by atoms with van der Waals surface area (Å²) in [4.78, 5) is 23.0. The van der Waals surface area contributed by atoms with Crippen molar-refractivity contribution in [1.29, 1.82) is 0 Å². The fourth-order valence-corrected chi connectivity index (χ4v) is 2.13. The lowest BCUT2D eigenvalue weighted by atomic mass is 10.1. The molecule has 0 spiro atoms. The maximum absolute atomic E-state index is 12.2. The summed E-state index contributed by atoms with van der Waals surface area (Å²) in [6.45, 7) is 4.00. The second-order valence-electron chi connectivity index (χ2n) is 5.62. The van der Waals surface area contributed by atoms with E-state index in [9.17, 15) is 22.8 Å². The van der Waals surface area contributed by atoms with Crippen LogP contribution in [-0.4, -0.2) is 30.3 Å². The van der Waals surface area contributed by atoms with Gasteiger partial charge in [0.1, 0.15) is 5.75 Å². The summed E-state index contributed by atoms with van der Waals surface area (Å²) in [5, 5.41) is 5.73. The Morgan fingerprint density at radius 3 is 2.11 bits per heavy atom. The van der Waals surface area contributed by atoms with Gasteiger partial charge in [-0.3, -0.25) is 9.59 Å². The van der Waals surface area contributed by atoms with Gasteiger partial charge in [-0.15, -0.1) is 0 Å². The van der Waals surface area contributed by atoms with Crippen molar-refractivity contribution < 1.29 is 27.5 Å². The number of ether oxygens (including phenoxy) is 1. The zero-order chi connectivity index (χ0) is 20.7. The molecule has 0 aromatic heterocycles. The minimum Gasteiger partial charge on any atom is -0.494 e. The zero-order valence-electron chi connectivity index (χ0n) is 15.1. The number of hydrazone groups is 1. The molecule has 0 fully saturated rings. The van der Waals surface area contributed by atoms with Gasteiger partial charge in [-0.05, 0) is 55.8 Å². The number of amides is 2. The predicted molar refractivity (Wildman–Crippen MR) is 98.4 cm³/mol. The number of hydrogen-bond acceptors (Lipinski definition) is 4. The van der Waals surface area contributed by atoms with Gasteiger partial charge in [-0.25, -0.2) is 5.43 Å². The molecule has 0 saturated carbocycles. The van der Waals surface area contributed by atoms with Crippen molar-refractivity contribution in [2.45, 2.75) is 20.0 Å². The number of hydrogen-bond donors (Lipinski definition) is 2. The number of benzene rings is 2. The van der Waals surface area contributed by atoms with E-state index in [0.717, 1.165) is 0 Å². The normalized spacial score (nSPS) is 11.7. The van der Waals surface area contributed by atoms with E-state index in [1.165, 1.54) is 24.3 Å². The van der Waals surface area contributed by atoms with Crippen LogP contribution in [0.1, 0.15) is 29.8 Å². The molecule has 9 heteroatoms. The Morgan fingerprint density at radius 2 is 1.57 bits per heavy atom. The van der Waals surface area contributed by atoms with E-state index in [1.807, 2.05) is 6.92 Å². The van der Waals surface area contributed by atoms with Crippen LogP contribution < -0.4 is 15.5 Å². The summed E-state index contributed by atoms with van der Waals surface area (Å²) in [5.41, 5.74) is 3.80. The van der Waals surface area contributed by atoms with E-state index < -0.39 is 18.0 Å². The van der Waals surface area contributed by atoms with Crippen molar-refractivity contribution >= 4 is 23.2 Å². The first-order valence-electron chi connectivity index (χ1n) is 8.27. The van der Waals surface area contributed by atoms with E-state index in [1.54, 1.807) is 36.5 Å². The molecule has 0 aliphatic heterocycles. The van der Waals surface area contributed by atoms with Gasteiger partial charge in [-0.1, -0.05) is 12.1 Å². The molecular formula is C19H18F3N3O3. The summed E-state index contributed by atoms with van der Waals surface area (Å²) in [6.07, 6.45) is -4.96. The van der Waals surface area contributed by atoms with Crippen LogP contribution in [0.25, 0.3) is 0 Å². The van der Waals surface area contributed by atoms with Gasteiger partial charge in [-0.2, -0.15) is 18.3 Å². The number of nitrogens with zero attached hydrogens (tertiary/aromatic N) is 1. The first-order chi connectivity index (χ1) is 13.2. The molecule has 0 aliphatic rings. The van der Waals surface area contributed by atoms with Crippen LogP contribution in [0.2, 0.25) is 0 Å². The van der Waals surface area contributed by atoms with E-state index in [4.69, 9.17) is 4.74 Å². The summed E-state index contributed by atoms with van der Waals surface area (Å²) >= 11 is 0. The van der Waals surface area contributed by atoms with Gasteiger partial charge in [0.15, 0.2) is 0 Å². The maximum Gasteiger partial charge on any atom is 0.471 e. The first kappa shape index (κ1) is 20.9. The summed E-state index contributed by atoms with van der Waals surface area (Å²) in [7, 11) is 0. The second kappa shape index (κ2) is 9.03.